The normalized spacial score (nSPS) is 24.7. The molecule has 4 rings (SSSR count). The van der Waals surface area contributed by atoms with E-state index in [1.807, 2.05) is 29.2 Å². The van der Waals surface area contributed by atoms with Crippen LogP contribution in [0, 0.1) is 0 Å². The first-order chi connectivity index (χ1) is 12.9. The molecule has 3 N–H and O–H groups in total. The molecule has 0 aliphatic carbocycles. The van der Waals surface area contributed by atoms with Crippen molar-refractivity contribution in [1.29, 1.82) is 0 Å². The van der Waals surface area contributed by atoms with Crippen molar-refractivity contribution < 1.29 is 9.59 Å². The minimum absolute atomic E-state index is 0.173. The van der Waals surface area contributed by atoms with Gasteiger partial charge in [0.25, 0.3) is 0 Å². The zero-order valence-corrected chi connectivity index (χ0v) is 16.1. The summed E-state index contributed by atoms with van der Waals surface area (Å²) in [6.07, 6.45) is 1.84. The van der Waals surface area contributed by atoms with Gasteiger partial charge in [-0.15, -0.1) is 0 Å². The maximum atomic E-state index is 13.3. The van der Waals surface area contributed by atoms with Crippen molar-refractivity contribution in [2.45, 2.75) is 30.8 Å². The zero-order valence-electron chi connectivity index (χ0n) is 14.5. The van der Waals surface area contributed by atoms with Crippen LogP contribution in [0.2, 0.25) is 10.0 Å². The van der Waals surface area contributed by atoms with Gasteiger partial charge in [0, 0.05) is 34.3 Å². The van der Waals surface area contributed by atoms with E-state index in [0.29, 0.717) is 35.1 Å². The molecule has 27 heavy (non-hydrogen) atoms. The smallest absolute Gasteiger partial charge is 0.249 e. The van der Waals surface area contributed by atoms with Crippen LogP contribution in [0.25, 0.3) is 0 Å². The second-order valence-corrected chi connectivity index (χ2v) is 7.94. The molecule has 0 radical (unpaired) electrons. The second-order valence-electron chi connectivity index (χ2n) is 7.06. The molecule has 1 saturated heterocycles. The van der Waals surface area contributed by atoms with E-state index in [1.165, 1.54) is 0 Å². The van der Waals surface area contributed by atoms with Crippen molar-refractivity contribution in [2.75, 3.05) is 11.9 Å². The lowest BCUT2D eigenvalue weighted by Gasteiger charge is -2.40. The minimum atomic E-state index is -1.03. The Morgan fingerprint density at radius 2 is 2.00 bits per heavy atom. The van der Waals surface area contributed by atoms with Gasteiger partial charge in [-0.25, -0.2) is 0 Å². The van der Waals surface area contributed by atoms with Crippen molar-refractivity contribution in [1.82, 2.24) is 4.90 Å². The largest absolute Gasteiger partial charge is 0.368 e. The first-order valence-electron chi connectivity index (χ1n) is 8.84. The first-order valence-corrected chi connectivity index (χ1v) is 9.59. The molecular formula is C20H19Cl2N3O2. The molecule has 2 amide bonds. The van der Waals surface area contributed by atoms with Crippen molar-refractivity contribution in [2.24, 2.45) is 5.73 Å². The number of benzene rings is 2. The van der Waals surface area contributed by atoms with E-state index in [0.717, 1.165) is 17.5 Å². The fraction of sp³-hybridized carbons (Fsp3) is 0.300. The Morgan fingerprint density at radius 1 is 1.22 bits per heavy atom. The van der Waals surface area contributed by atoms with Gasteiger partial charge in [-0.2, -0.15) is 0 Å². The summed E-state index contributed by atoms with van der Waals surface area (Å²) in [7, 11) is 0. The molecular weight excluding hydrogens is 385 g/mol. The van der Waals surface area contributed by atoms with Gasteiger partial charge < -0.3 is 11.1 Å². The van der Waals surface area contributed by atoms with Crippen molar-refractivity contribution >= 4 is 40.7 Å². The Hall–Kier alpha value is -2.08. The number of nitrogens with one attached hydrogen (secondary N) is 1. The van der Waals surface area contributed by atoms with E-state index < -0.39 is 17.5 Å². The van der Waals surface area contributed by atoms with Gasteiger partial charge in [-0.1, -0.05) is 41.4 Å². The minimum Gasteiger partial charge on any atom is -0.368 e. The molecule has 0 saturated carbocycles. The number of rotatable bonds is 4. The summed E-state index contributed by atoms with van der Waals surface area (Å²) < 4.78 is 0. The molecule has 2 unspecified atom stereocenters. The number of carbonyl (C=O) groups is 2. The van der Waals surface area contributed by atoms with Crippen LogP contribution in [-0.4, -0.2) is 29.3 Å². The second kappa shape index (κ2) is 6.82. The molecule has 0 aromatic heterocycles. The molecule has 1 fully saturated rings. The standard InChI is InChI=1S/C20H19Cl2N3O2/c21-13-4-1-3-12(9-13)11-20(25-8-2-5-17(25)18(23)26)15-7-6-14(22)10-16(15)24-19(20)27/h1,3-4,6-7,9-10,17H,2,5,8,11H2,(H2,23,26)(H,24,27). The molecule has 0 spiro atoms. The summed E-state index contributed by atoms with van der Waals surface area (Å²) >= 11 is 12.3. The SMILES string of the molecule is NC(=O)C1CCCN1C1(Cc2cccc(Cl)c2)C(=O)Nc2cc(Cl)ccc21. The number of likely N-dealkylation sites (tertiary alicyclic amines) is 1. The molecule has 0 bridgehead atoms. The van der Waals surface area contributed by atoms with Crippen LogP contribution in [0.5, 0.6) is 0 Å². The highest BCUT2D eigenvalue weighted by molar-refractivity contribution is 6.31. The molecule has 5 nitrogen and oxygen atoms in total. The quantitative estimate of drug-likeness (QED) is 0.821. The number of hydrogen-bond acceptors (Lipinski definition) is 3. The van der Waals surface area contributed by atoms with Crippen molar-refractivity contribution in [3.05, 3.63) is 63.6 Å². The Labute approximate surface area is 167 Å². The van der Waals surface area contributed by atoms with Gasteiger partial charge in [0.15, 0.2) is 0 Å². The van der Waals surface area contributed by atoms with E-state index in [2.05, 4.69) is 5.32 Å². The van der Waals surface area contributed by atoms with E-state index in [4.69, 9.17) is 28.9 Å². The number of halogens is 2. The van der Waals surface area contributed by atoms with Crippen molar-refractivity contribution in [3.63, 3.8) is 0 Å². The van der Waals surface area contributed by atoms with Gasteiger partial charge >= 0.3 is 0 Å². The number of primary amides is 1. The van der Waals surface area contributed by atoms with Crippen LogP contribution in [0.4, 0.5) is 5.69 Å². The molecule has 2 aliphatic heterocycles. The highest BCUT2D eigenvalue weighted by Crippen LogP contribution is 2.46. The number of amides is 2. The lowest BCUT2D eigenvalue weighted by molar-refractivity contribution is -0.133. The third-order valence-electron chi connectivity index (χ3n) is 5.47. The number of fused-ring (bicyclic) bond motifs is 1. The number of nitrogens with zero attached hydrogens (tertiary/aromatic N) is 1. The number of carbonyl (C=O) groups excluding carboxylic acids is 2. The van der Waals surface area contributed by atoms with Crippen molar-refractivity contribution in [3.8, 4) is 0 Å². The average molecular weight is 404 g/mol. The summed E-state index contributed by atoms with van der Waals surface area (Å²) in [5.41, 5.74) is 7.03. The predicted octanol–water partition coefficient (Wildman–Crippen LogP) is 3.33. The monoisotopic (exact) mass is 403 g/mol. The average Bonchev–Trinajstić information content (AvgIpc) is 3.19. The first kappa shape index (κ1) is 18.3. The summed E-state index contributed by atoms with van der Waals surface area (Å²) in [4.78, 5) is 27.4. The third kappa shape index (κ3) is 3.00. The van der Waals surface area contributed by atoms with E-state index in [9.17, 15) is 9.59 Å². The molecule has 2 heterocycles. The number of nitrogens with two attached hydrogens (primary N) is 1. The molecule has 140 valence electrons. The Bertz CT molecular complexity index is 933. The Morgan fingerprint density at radius 3 is 2.74 bits per heavy atom. The van der Waals surface area contributed by atoms with E-state index >= 15 is 0 Å². The molecule has 7 heteroatoms. The van der Waals surface area contributed by atoms with Gasteiger partial charge in [0.2, 0.25) is 11.8 Å². The number of hydrogen-bond donors (Lipinski definition) is 2. The van der Waals surface area contributed by atoms with Crippen LogP contribution in [0.1, 0.15) is 24.0 Å². The maximum absolute atomic E-state index is 13.3. The number of anilines is 1. The van der Waals surface area contributed by atoms with Crippen LogP contribution in [-0.2, 0) is 21.5 Å². The summed E-state index contributed by atoms with van der Waals surface area (Å²) in [5, 5.41) is 4.09. The summed E-state index contributed by atoms with van der Waals surface area (Å²) in [6, 6.07) is 12.3. The topological polar surface area (TPSA) is 75.4 Å². The molecule has 2 aromatic carbocycles. The highest BCUT2D eigenvalue weighted by Gasteiger charge is 2.55. The fourth-order valence-electron chi connectivity index (χ4n) is 4.35. The molecule has 2 aromatic rings. The lowest BCUT2D eigenvalue weighted by atomic mass is 9.82. The summed E-state index contributed by atoms with van der Waals surface area (Å²) in [6.45, 7) is 0.615. The van der Waals surface area contributed by atoms with Gasteiger partial charge in [0.05, 0.1) is 6.04 Å². The van der Waals surface area contributed by atoms with Crippen LogP contribution >= 0.6 is 23.2 Å². The Kier molecular flexibility index (Phi) is 4.62. The zero-order chi connectivity index (χ0) is 19.2. The van der Waals surface area contributed by atoms with Gasteiger partial charge in [-0.3, -0.25) is 14.5 Å². The van der Waals surface area contributed by atoms with Gasteiger partial charge in [-0.05, 0) is 42.7 Å². The molecule has 2 atom stereocenters. The summed E-state index contributed by atoms with van der Waals surface area (Å²) in [5.74, 6) is -0.582. The fourth-order valence-corrected chi connectivity index (χ4v) is 4.74. The van der Waals surface area contributed by atoms with E-state index in [-0.39, 0.29) is 5.91 Å². The highest BCUT2D eigenvalue weighted by atomic mass is 35.5. The van der Waals surface area contributed by atoms with Crippen LogP contribution in [0.3, 0.4) is 0 Å². The van der Waals surface area contributed by atoms with E-state index in [1.54, 1.807) is 18.2 Å². The Balaban J connectivity index is 1.89. The molecule has 2 aliphatic rings. The van der Waals surface area contributed by atoms with Crippen LogP contribution in [0.15, 0.2) is 42.5 Å². The lowest BCUT2D eigenvalue weighted by Crippen LogP contribution is -2.57. The maximum Gasteiger partial charge on any atom is 0.249 e. The van der Waals surface area contributed by atoms with Gasteiger partial charge in [0.1, 0.15) is 5.54 Å². The predicted molar refractivity (Wildman–Crippen MR) is 106 cm³/mol. The third-order valence-corrected chi connectivity index (χ3v) is 5.94. The van der Waals surface area contributed by atoms with Crippen LogP contribution < -0.4 is 11.1 Å².